The van der Waals surface area contributed by atoms with Crippen LogP contribution in [0.2, 0.25) is 18.1 Å². The van der Waals surface area contributed by atoms with E-state index in [1.165, 1.54) is 17.2 Å². The normalized spacial score (nSPS) is 15.8. The molecule has 0 spiro atoms. The minimum absolute atomic E-state index is 0.0263. The van der Waals surface area contributed by atoms with Gasteiger partial charge in [-0.15, -0.1) is 5.06 Å². The quantitative estimate of drug-likeness (QED) is 0.108. The largest absolute Gasteiger partial charge is 0.466 e. The monoisotopic (exact) mass is 641 g/mol. The minimum Gasteiger partial charge on any atom is -0.466 e. The fraction of sp³-hybridized carbons (Fsp3) is 0.529. The third kappa shape index (κ3) is 9.72. The summed E-state index contributed by atoms with van der Waals surface area (Å²) in [5, 5.41) is 1.48. The lowest BCUT2D eigenvalue weighted by Gasteiger charge is -2.42. The highest BCUT2D eigenvalue weighted by atomic mass is 28.4. The van der Waals surface area contributed by atoms with E-state index in [-0.39, 0.29) is 22.5 Å². The molecule has 0 N–H and O–H groups in total. The first-order chi connectivity index (χ1) is 20.9. The number of carbonyl (C=O) groups excluding carboxylic acids is 4. The van der Waals surface area contributed by atoms with Gasteiger partial charge in [-0.3, -0.25) is 9.59 Å². The summed E-state index contributed by atoms with van der Waals surface area (Å²) in [7, 11) is -0.977. The maximum Gasteiger partial charge on any atom is 0.355 e. The van der Waals surface area contributed by atoms with E-state index in [0.29, 0.717) is 37.6 Å². The molecule has 2 aromatic carbocycles. The molecule has 1 aliphatic heterocycles. The predicted molar refractivity (Wildman–Crippen MR) is 171 cm³/mol. The minimum atomic E-state index is -2.11. The second-order valence-corrected chi connectivity index (χ2v) is 18.7. The number of esters is 2. The molecule has 0 aliphatic carbocycles. The fourth-order valence-corrected chi connectivity index (χ4v) is 5.30. The maximum absolute atomic E-state index is 13.7. The maximum atomic E-state index is 13.7. The zero-order valence-corrected chi connectivity index (χ0v) is 28.9. The van der Waals surface area contributed by atoms with Crippen molar-refractivity contribution in [3.05, 3.63) is 60.2 Å². The van der Waals surface area contributed by atoms with Crippen LogP contribution in [0.25, 0.3) is 0 Å². The van der Waals surface area contributed by atoms with Gasteiger partial charge in [0, 0.05) is 31.2 Å². The summed E-state index contributed by atoms with van der Waals surface area (Å²) >= 11 is 0. The first-order valence-electron chi connectivity index (χ1n) is 15.2. The van der Waals surface area contributed by atoms with Gasteiger partial charge in [0.2, 0.25) is 5.78 Å². The number of benzene rings is 2. The van der Waals surface area contributed by atoms with Crippen LogP contribution in [0.15, 0.2) is 54.6 Å². The molecule has 10 nitrogen and oxygen atoms in total. The number of hydroxylamine groups is 2. The molecule has 0 amide bonds. The topological polar surface area (TPSA) is 118 Å². The van der Waals surface area contributed by atoms with Crippen LogP contribution >= 0.6 is 0 Å². The van der Waals surface area contributed by atoms with Gasteiger partial charge in [-0.2, -0.15) is 0 Å². The predicted octanol–water partition coefficient (Wildman–Crippen LogP) is 6.21. The van der Waals surface area contributed by atoms with Gasteiger partial charge in [-0.1, -0.05) is 39.0 Å². The van der Waals surface area contributed by atoms with Crippen molar-refractivity contribution in [3.63, 3.8) is 0 Å². The molecular formula is C34H47NO9Si. The van der Waals surface area contributed by atoms with Gasteiger partial charge in [-0.05, 0) is 81.7 Å². The molecule has 11 heteroatoms. The lowest BCUT2D eigenvalue weighted by Crippen LogP contribution is -2.54. The first kappa shape index (κ1) is 35.9. The number of rotatable bonds is 13. The number of ketones is 1. The molecule has 0 aromatic heterocycles. The van der Waals surface area contributed by atoms with Gasteiger partial charge in [0.15, 0.2) is 8.32 Å². The Morgan fingerprint density at radius 3 is 1.98 bits per heavy atom. The van der Waals surface area contributed by atoms with Crippen LogP contribution < -0.4 is 4.74 Å². The molecule has 2 atom stereocenters. The van der Waals surface area contributed by atoms with Crippen molar-refractivity contribution in [2.45, 2.75) is 72.2 Å². The molecule has 1 heterocycles. The molecule has 1 aliphatic rings. The Balaban J connectivity index is 1.75. The molecule has 1 fully saturated rings. The lowest BCUT2D eigenvalue weighted by atomic mass is 9.85. The Morgan fingerprint density at radius 2 is 1.44 bits per heavy atom. The highest BCUT2D eigenvalue weighted by Gasteiger charge is 2.44. The number of nitrogens with zero attached hydrogens (tertiary/aromatic N) is 1. The van der Waals surface area contributed by atoms with Crippen LogP contribution in [0.1, 0.15) is 58.3 Å². The fourth-order valence-electron chi connectivity index (χ4n) is 4.24. The number of ether oxygens (including phenoxy) is 3. The van der Waals surface area contributed by atoms with E-state index in [1.807, 2.05) is 18.2 Å². The molecule has 45 heavy (non-hydrogen) atoms. The van der Waals surface area contributed by atoms with Crippen molar-refractivity contribution in [2.24, 2.45) is 17.3 Å². The van der Waals surface area contributed by atoms with E-state index < -0.39 is 43.5 Å². The Morgan fingerprint density at radius 1 is 0.867 bits per heavy atom. The zero-order valence-electron chi connectivity index (χ0n) is 27.9. The molecular weight excluding hydrogens is 594 g/mol. The van der Waals surface area contributed by atoms with E-state index >= 15 is 0 Å². The van der Waals surface area contributed by atoms with E-state index in [2.05, 4.69) is 33.9 Å². The Kier molecular flexibility index (Phi) is 11.7. The lowest BCUT2D eigenvalue weighted by molar-refractivity contribution is -0.234. The number of para-hydroxylation sites is 1. The molecule has 0 radical (unpaired) electrons. The van der Waals surface area contributed by atoms with Crippen LogP contribution in [0.4, 0.5) is 0 Å². The van der Waals surface area contributed by atoms with Crippen LogP contribution in [0.3, 0.4) is 0 Å². The highest BCUT2D eigenvalue weighted by Crippen LogP contribution is 2.37. The number of carbonyl (C=O) groups is 4. The van der Waals surface area contributed by atoms with E-state index in [9.17, 15) is 19.2 Å². The van der Waals surface area contributed by atoms with Crippen molar-refractivity contribution in [2.75, 3.05) is 26.8 Å². The van der Waals surface area contributed by atoms with Crippen molar-refractivity contribution < 1.29 is 42.7 Å². The van der Waals surface area contributed by atoms with Gasteiger partial charge >= 0.3 is 17.9 Å². The van der Waals surface area contributed by atoms with Gasteiger partial charge in [0.1, 0.15) is 11.5 Å². The molecule has 3 rings (SSSR count). The van der Waals surface area contributed by atoms with Gasteiger partial charge in [0.25, 0.3) is 6.10 Å². The van der Waals surface area contributed by atoms with Crippen molar-refractivity contribution >= 4 is 32.0 Å². The summed E-state index contributed by atoms with van der Waals surface area (Å²) < 4.78 is 22.6. The third-order valence-corrected chi connectivity index (χ3v) is 12.8. The number of hydrogen-bond donors (Lipinski definition) is 0. The van der Waals surface area contributed by atoms with Gasteiger partial charge < -0.3 is 23.5 Å². The number of Topliss-reactive ketones (excluding diaryl/α,β-unsaturated/α-hetero) is 1. The van der Waals surface area contributed by atoms with Gasteiger partial charge in [0.05, 0.1) is 18.4 Å². The van der Waals surface area contributed by atoms with Crippen molar-refractivity contribution in [1.82, 2.24) is 5.06 Å². The van der Waals surface area contributed by atoms with Crippen LogP contribution in [0.5, 0.6) is 11.5 Å². The average Bonchev–Trinajstić information content (AvgIpc) is 2.95. The highest BCUT2D eigenvalue weighted by molar-refractivity contribution is 6.74. The molecule has 246 valence electrons. The van der Waals surface area contributed by atoms with Crippen molar-refractivity contribution in [1.29, 1.82) is 0 Å². The first-order valence-corrected chi connectivity index (χ1v) is 18.1. The standard InChI is InChI=1S/C34H47NO9Si/c1-33(2,3)32(39)44-35-21-24(22-35)27(19-20-41-45(8,9)34(4,5)6)30(37)43-29(31(38)40-7)28(36)23-15-17-26(18-16-23)42-25-13-11-10-12-14-25/h10-18,24,27,29H,19-22H2,1-9H3. The van der Waals surface area contributed by atoms with Crippen LogP contribution in [-0.4, -0.2) is 70.0 Å². The van der Waals surface area contributed by atoms with E-state index in [1.54, 1.807) is 45.0 Å². The molecule has 1 saturated heterocycles. The second kappa shape index (κ2) is 14.7. The smallest absolute Gasteiger partial charge is 0.355 e. The van der Waals surface area contributed by atoms with E-state index in [0.717, 1.165) is 7.11 Å². The zero-order chi connectivity index (χ0) is 33.6. The van der Waals surface area contributed by atoms with Crippen molar-refractivity contribution in [3.8, 4) is 11.5 Å². The number of methoxy groups -OCH3 is 1. The van der Waals surface area contributed by atoms with Gasteiger partial charge in [-0.25, -0.2) is 9.59 Å². The number of hydrogen-bond acceptors (Lipinski definition) is 10. The Bertz CT molecular complexity index is 1320. The SMILES string of the molecule is COC(=O)C(OC(=O)C(CCO[Si](C)(C)C(C)(C)C)C1CN(OC(=O)C(C)(C)C)C1)C(=O)c1ccc(Oc2ccccc2)cc1. The summed E-state index contributed by atoms with van der Waals surface area (Å²) in [4.78, 5) is 57.7. The second-order valence-electron chi connectivity index (χ2n) is 13.9. The molecule has 2 unspecified atom stereocenters. The summed E-state index contributed by atoms with van der Waals surface area (Å²) in [6.45, 7) is 16.8. The summed E-state index contributed by atoms with van der Waals surface area (Å²) in [5.41, 5.74) is -0.527. The molecule has 2 aromatic rings. The Hall–Kier alpha value is -3.54. The Labute approximate surface area is 267 Å². The summed E-state index contributed by atoms with van der Waals surface area (Å²) in [6, 6.07) is 15.4. The molecule has 0 bridgehead atoms. The molecule has 0 saturated carbocycles. The third-order valence-electron chi connectivity index (χ3n) is 8.28. The summed E-state index contributed by atoms with van der Waals surface area (Å²) in [6.07, 6.45) is -1.48. The average molecular weight is 642 g/mol. The van der Waals surface area contributed by atoms with Crippen LogP contribution in [0, 0.1) is 17.3 Å². The van der Waals surface area contributed by atoms with E-state index in [4.69, 9.17) is 23.5 Å². The van der Waals surface area contributed by atoms with Crippen LogP contribution in [-0.2, 0) is 33.1 Å². The summed E-state index contributed by atoms with van der Waals surface area (Å²) in [5.74, 6) is -2.61.